The number of fused-ring (bicyclic) bond motifs is 1. The van der Waals surface area contributed by atoms with E-state index in [1.54, 1.807) is 25.3 Å². The summed E-state index contributed by atoms with van der Waals surface area (Å²) in [4.78, 5) is 20.0. The molecule has 7 heteroatoms. The van der Waals surface area contributed by atoms with E-state index in [9.17, 15) is 4.79 Å². The van der Waals surface area contributed by atoms with Crippen LogP contribution >= 0.6 is 0 Å². The van der Waals surface area contributed by atoms with E-state index in [1.807, 2.05) is 24.3 Å². The number of nitrogens with one attached hydrogen (secondary N) is 1. The summed E-state index contributed by atoms with van der Waals surface area (Å²) in [5.74, 6) is 1.34. The zero-order valence-electron chi connectivity index (χ0n) is 17.4. The van der Waals surface area contributed by atoms with Gasteiger partial charge in [-0.15, -0.1) is 0 Å². The molecule has 0 aliphatic heterocycles. The minimum Gasteiger partial charge on any atom is -0.497 e. The lowest BCUT2D eigenvalue weighted by molar-refractivity contribution is 0.102. The highest BCUT2D eigenvalue weighted by molar-refractivity contribution is 6.06. The van der Waals surface area contributed by atoms with Crippen LogP contribution in [0.4, 0.5) is 5.95 Å². The van der Waals surface area contributed by atoms with Crippen molar-refractivity contribution in [2.24, 2.45) is 0 Å². The molecule has 1 N–H and O–H groups in total. The van der Waals surface area contributed by atoms with E-state index in [0.29, 0.717) is 23.0 Å². The van der Waals surface area contributed by atoms with Gasteiger partial charge in [-0.05, 0) is 37.4 Å². The highest BCUT2D eigenvalue weighted by Crippen LogP contribution is 2.26. The van der Waals surface area contributed by atoms with Crippen molar-refractivity contribution in [1.82, 2.24) is 14.5 Å². The monoisotopic (exact) mass is 396 g/mol. The van der Waals surface area contributed by atoms with Crippen molar-refractivity contribution < 1.29 is 14.3 Å². The van der Waals surface area contributed by atoms with E-state index in [1.165, 1.54) is 7.11 Å². The third kappa shape index (κ3) is 4.51. The normalized spacial score (nSPS) is 11.1. The van der Waals surface area contributed by atoms with Crippen LogP contribution in [0.15, 0.2) is 42.5 Å². The number of carbonyl (C=O) groups excluding carboxylic acids is 1. The van der Waals surface area contributed by atoms with Crippen LogP contribution < -0.4 is 14.8 Å². The zero-order valence-corrected chi connectivity index (χ0v) is 17.4. The maximum absolute atomic E-state index is 13.0. The predicted molar refractivity (Wildman–Crippen MR) is 115 cm³/mol. The quantitative estimate of drug-likeness (QED) is 0.598. The Kier molecular flexibility index (Phi) is 6.72. The second-order valence-electron chi connectivity index (χ2n) is 6.62. The second kappa shape index (κ2) is 9.43. The molecule has 0 atom stereocenters. The average Bonchev–Trinajstić information content (AvgIpc) is 3.10. The Morgan fingerprint density at radius 2 is 1.86 bits per heavy atom. The Hall–Kier alpha value is -3.06. The van der Waals surface area contributed by atoms with Crippen molar-refractivity contribution in [3.8, 4) is 11.5 Å². The molecule has 0 aliphatic carbocycles. The van der Waals surface area contributed by atoms with E-state index < -0.39 is 0 Å². The number of aromatic nitrogens is 2. The summed E-state index contributed by atoms with van der Waals surface area (Å²) in [6.07, 6.45) is 0. The Labute approximate surface area is 171 Å². The highest BCUT2D eigenvalue weighted by atomic mass is 16.5. The van der Waals surface area contributed by atoms with Gasteiger partial charge in [-0.3, -0.25) is 10.1 Å². The van der Waals surface area contributed by atoms with Gasteiger partial charge in [0, 0.05) is 19.2 Å². The molecule has 2 aromatic carbocycles. The van der Waals surface area contributed by atoms with Crippen molar-refractivity contribution in [1.29, 1.82) is 0 Å². The molecule has 0 unspecified atom stereocenters. The standard InChI is InChI=1S/C22H28N4O3/c1-5-25(6-2)13-14-26-19-10-8-7-9-18(19)23-22(26)24-21(27)17-12-11-16(28-3)15-20(17)29-4/h7-12,15H,5-6,13-14H2,1-4H3,(H,23,24,27). The van der Waals surface area contributed by atoms with Crippen LogP contribution in [-0.4, -0.2) is 54.2 Å². The van der Waals surface area contributed by atoms with E-state index in [0.717, 1.165) is 37.2 Å². The van der Waals surface area contributed by atoms with E-state index in [4.69, 9.17) is 9.47 Å². The Balaban J connectivity index is 1.91. The molecule has 154 valence electrons. The lowest BCUT2D eigenvalue weighted by atomic mass is 10.2. The van der Waals surface area contributed by atoms with Gasteiger partial charge in [0.2, 0.25) is 5.95 Å². The molecule has 1 amide bonds. The number of para-hydroxylation sites is 2. The SMILES string of the molecule is CCN(CC)CCn1c(NC(=O)c2ccc(OC)cc2OC)nc2ccccc21. The van der Waals surface area contributed by atoms with Crippen molar-refractivity contribution in [3.63, 3.8) is 0 Å². The Morgan fingerprint density at radius 3 is 2.55 bits per heavy atom. The van der Waals surface area contributed by atoms with E-state index in [2.05, 4.69) is 33.6 Å². The van der Waals surface area contributed by atoms with Gasteiger partial charge in [0.05, 0.1) is 30.8 Å². The first-order valence-electron chi connectivity index (χ1n) is 9.82. The second-order valence-corrected chi connectivity index (χ2v) is 6.62. The summed E-state index contributed by atoms with van der Waals surface area (Å²) in [5, 5.41) is 2.96. The fourth-order valence-electron chi connectivity index (χ4n) is 3.33. The number of imidazole rings is 1. The predicted octanol–water partition coefficient (Wildman–Crippen LogP) is 3.65. The Morgan fingerprint density at radius 1 is 1.10 bits per heavy atom. The number of hydrogen-bond acceptors (Lipinski definition) is 5. The minimum absolute atomic E-state index is 0.274. The van der Waals surface area contributed by atoms with Crippen LogP contribution in [-0.2, 0) is 6.54 Å². The molecule has 1 aromatic heterocycles. The fraction of sp³-hybridized carbons (Fsp3) is 0.364. The summed E-state index contributed by atoms with van der Waals surface area (Å²) in [6, 6.07) is 13.0. The maximum atomic E-state index is 13.0. The molecule has 0 spiro atoms. The molecule has 0 aliphatic rings. The van der Waals surface area contributed by atoms with Crippen molar-refractivity contribution in [3.05, 3.63) is 48.0 Å². The van der Waals surface area contributed by atoms with Crippen LogP contribution in [0.25, 0.3) is 11.0 Å². The van der Waals surface area contributed by atoms with Crippen LogP contribution in [0.2, 0.25) is 0 Å². The molecule has 29 heavy (non-hydrogen) atoms. The molecule has 0 saturated heterocycles. The number of carbonyl (C=O) groups is 1. The van der Waals surface area contributed by atoms with Gasteiger partial charge in [-0.25, -0.2) is 4.98 Å². The molecular weight excluding hydrogens is 368 g/mol. The van der Waals surface area contributed by atoms with E-state index in [-0.39, 0.29) is 5.91 Å². The maximum Gasteiger partial charge on any atom is 0.261 e. The summed E-state index contributed by atoms with van der Waals surface area (Å²) >= 11 is 0. The first kappa shape index (κ1) is 20.7. The molecule has 0 fully saturated rings. The summed E-state index contributed by atoms with van der Waals surface area (Å²) < 4.78 is 12.6. The van der Waals surface area contributed by atoms with Gasteiger partial charge in [0.1, 0.15) is 11.5 Å². The van der Waals surface area contributed by atoms with Crippen LogP contribution in [0, 0.1) is 0 Å². The number of nitrogens with zero attached hydrogens (tertiary/aromatic N) is 3. The molecular formula is C22H28N4O3. The molecule has 0 bridgehead atoms. The van der Waals surface area contributed by atoms with Gasteiger partial charge in [-0.1, -0.05) is 26.0 Å². The molecule has 3 rings (SSSR count). The van der Waals surface area contributed by atoms with Gasteiger partial charge < -0.3 is 18.9 Å². The van der Waals surface area contributed by atoms with Crippen LogP contribution in [0.1, 0.15) is 24.2 Å². The van der Waals surface area contributed by atoms with Crippen molar-refractivity contribution in [2.45, 2.75) is 20.4 Å². The van der Waals surface area contributed by atoms with Crippen molar-refractivity contribution in [2.75, 3.05) is 39.2 Å². The lowest BCUT2D eigenvalue weighted by Gasteiger charge is -2.19. The van der Waals surface area contributed by atoms with Gasteiger partial charge in [0.25, 0.3) is 5.91 Å². The molecule has 3 aromatic rings. The number of rotatable bonds is 9. The van der Waals surface area contributed by atoms with Gasteiger partial charge in [-0.2, -0.15) is 0 Å². The first-order chi connectivity index (χ1) is 14.1. The van der Waals surface area contributed by atoms with Crippen LogP contribution in [0.5, 0.6) is 11.5 Å². The summed E-state index contributed by atoms with van der Waals surface area (Å²) in [6.45, 7) is 7.86. The van der Waals surface area contributed by atoms with Gasteiger partial charge >= 0.3 is 0 Å². The van der Waals surface area contributed by atoms with Gasteiger partial charge in [0.15, 0.2) is 0 Å². The van der Waals surface area contributed by atoms with Crippen molar-refractivity contribution >= 4 is 22.9 Å². The zero-order chi connectivity index (χ0) is 20.8. The number of likely N-dealkylation sites (N-methyl/N-ethyl adjacent to an activating group) is 1. The average molecular weight is 396 g/mol. The lowest BCUT2D eigenvalue weighted by Crippen LogP contribution is -2.27. The molecule has 0 radical (unpaired) electrons. The molecule has 0 saturated carbocycles. The minimum atomic E-state index is -0.274. The largest absolute Gasteiger partial charge is 0.497 e. The number of benzene rings is 2. The number of ether oxygens (including phenoxy) is 2. The third-order valence-corrected chi connectivity index (χ3v) is 5.07. The smallest absolute Gasteiger partial charge is 0.261 e. The number of amides is 1. The molecule has 1 heterocycles. The first-order valence-corrected chi connectivity index (χ1v) is 9.82. The topological polar surface area (TPSA) is 68.6 Å². The number of methoxy groups -OCH3 is 2. The van der Waals surface area contributed by atoms with E-state index >= 15 is 0 Å². The van der Waals surface area contributed by atoms with Crippen LogP contribution in [0.3, 0.4) is 0 Å². The number of anilines is 1. The summed E-state index contributed by atoms with van der Waals surface area (Å²) in [5.41, 5.74) is 2.27. The highest BCUT2D eigenvalue weighted by Gasteiger charge is 2.18. The summed E-state index contributed by atoms with van der Waals surface area (Å²) in [7, 11) is 3.11. The number of hydrogen-bond donors (Lipinski definition) is 1. The fourth-order valence-corrected chi connectivity index (χ4v) is 3.33. The Bertz CT molecular complexity index is 979. The third-order valence-electron chi connectivity index (χ3n) is 5.07. The molecule has 7 nitrogen and oxygen atoms in total.